The number of benzene rings is 2. The summed E-state index contributed by atoms with van der Waals surface area (Å²) in [5, 5.41) is 13.3. The number of halogens is 6. The average Bonchev–Trinajstić information content (AvgIpc) is 3.00. The van der Waals surface area contributed by atoms with Gasteiger partial charge in [-0.25, -0.2) is 0 Å². The smallest absolute Gasteiger partial charge is 0.416 e. The van der Waals surface area contributed by atoms with Crippen molar-refractivity contribution in [2.45, 2.75) is 25.3 Å². The molecular formula is C20H14F6N2O3S. The highest BCUT2D eigenvalue weighted by Gasteiger charge is 2.37. The van der Waals surface area contributed by atoms with Crippen LogP contribution in [-0.2, 0) is 30.1 Å². The number of hydrogen-bond donors (Lipinski definition) is 2. The third-order valence-electron chi connectivity index (χ3n) is 4.35. The first-order valence-corrected chi connectivity index (χ1v) is 9.75. The van der Waals surface area contributed by atoms with Crippen LogP contribution in [0.15, 0.2) is 52.6 Å². The van der Waals surface area contributed by atoms with Gasteiger partial charge in [-0.2, -0.15) is 26.3 Å². The summed E-state index contributed by atoms with van der Waals surface area (Å²) in [6.45, 7) is 0.0762. The SMILES string of the molecule is O=C(Cc1cc(C(F)(F)F)cc(C(F)(F)F)c1)Nc1ccc(Cn2c(O)csc2=O)cc1. The number of rotatable bonds is 5. The number of anilines is 1. The molecule has 0 bridgehead atoms. The maximum absolute atomic E-state index is 12.9. The minimum Gasteiger partial charge on any atom is -0.494 e. The third kappa shape index (κ3) is 5.69. The fraction of sp³-hybridized carbons (Fsp3) is 0.200. The van der Waals surface area contributed by atoms with Gasteiger partial charge in [0.2, 0.25) is 11.8 Å². The van der Waals surface area contributed by atoms with Crippen molar-refractivity contribution in [1.82, 2.24) is 4.57 Å². The van der Waals surface area contributed by atoms with E-state index in [0.29, 0.717) is 17.7 Å². The molecule has 2 aromatic carbocycles. The van der Waals surface area contributed by atoms with Crippen LogP contribution in [-0.4, -0.2) is 15.6 Å². The minimum absolute atomic E-state index is 0.00324. The number of aromatic nitrogens is 1. The zero-order valence-electron chi connectivity index (χ0n) is 15.9. The molecule has 1 heterocycles. The normalized spacial score (nSPS) is 12.1. The predicted molar refractivity (Wildman–Crippen MR) is 105 cm³/mol. The van der Waals surface area contributed by atoms with Crippen molar-refractivity contribution in [3.05, 3.63) is 79.8 Å². The lowest BCUT2D eigenvalue weighted by molar-refractivity contribution is -0.143. The monoisotopic (exact) mass is 476 g/mol. The molecule has 2 N–H and O–H groups in total. The second kappa shape index (κ2) is 8.69. The second-order valence-electron chi connectivity index (χ2n) is 6.78. The number of alkyl halides is 6. The molecule has 0 saturated heterocycles. The number of thiazole rings is 1. The molecule has 0 fully saturated rings. The van der Waals surface area contributed by atoms with Crippen molar-refractivity contribution in [2.75, 3.05) is 5.32 Å². The van der Waals surface area contributed by atoms with Crippen LogP contribution >= 0.6 is 11.3 Å². The maximum Gasteiger partial charge on any atom is 0.416 e. The molecule has 3 aromatic rings. The maximum atomic E-state index is 12.9. The van der Waals surface area contributed by atoms with Crippen LogP contribution < -0.4 is 10.2 Å². The van der Waals surface area contributed by atoms with E-state index in [-0.39, 0.29) is 29.1 Å². The Hall–Kier alpha value is -3.28. The quantitative estimate of drug-likeness (QED) is 0.516. The second-order valence-corrected chi connectivity index (χ2v) is 7.60. The molecule has 0 unspecified atom stereocenters. The summed E-state index contributed by atoms with van der Waals surface area (Å²) in [5.74, 6) is -1.01. The van der Waals surface area contributed by atoms with E-state index in [9.17, 15) is 41.0 Å². The third-order valence-corrected chi connectivity index (χ3v) is 5.10. The predicted octanol–water partition coefficient (Wildman–Crippen LogP) is 4.88. The zero-order chi connectivity index (χ0) is 23.7. The Bertz CT molecular complexity index is 1150. The first-order chi connectivity index (χ1) is 14.8. The lowest BCUT2D eigenvalue weighted by Crippen LogP contribution is -2.17. The first kappa shape index (κ1) is 23.4. The Balaban J connectivity index is 1.72. The van der Waals surface area contributed by atoms with Gasteiger partial charge in [-0.15, -0.1) is 0 Å². The summed E-state index contributed by atoms with van der Waals surface area (Å²) < 4.78 is 78.8. The molecule has 0 aliphatic carbocycles. The van der Waals surface area contributed by atoms with E-state index in [1.165, 1.54) is 17.5 Å². The number of nitrogens with one attached hydrogen (secondary N) is 1. The van der Waals surface area contributed by atoms with Crippen LogP contribution in [0.2, 0.25) is 0 Å². The van der Waals surface area contributed by atoms with Crippen molar-refractivity contribution < 1.29 is 36.2 Å². The van der Waals surface area contributed by atoms with Crippen molar-refractivity contribution in [3.8, 4) is 5.88 Å². The summed E-state index contributed by atoms with van der Waals surface area (Å²) in [6.07, 6.45) is -10.7. The van der Waals surface area contributed by atoms with Gasteiger partial charge in [0, 0.05) is 5.69 Å². The lowest BCUT2D eigenvalue weighted by Gasteiger charge is -2.14. The Kier molecular flexibility index (Phi) is 6.35. The highest BCUT2D eigenvalue weighted by molar-refractivity contribution is 7.07. The van der Waals surface area contributed by atoms with Crippen molar-refractivity contribution in [1.29, 1.82) is 0 Å². The van der Waals surface area contributed by atoms with Crippen LogP contribution in [0.1, 0.15) is 22.3 Å². The Morgan fingerprint density at radius 2 is 1.50 bits per heavy atom. The van der Waals surface area contributed by atoms with Gasteiger partial charge in [-0.05, 0) is 41.5 Å². The van der Waals surface area contributed by atoms with Crippen LogP contribution in [0.4, 0.5) is 32.0 Å². The largest absolute Gasteiger partial charge is 0.494 e. The molecule has 1 aromatic heterocycles. The van der Waals surface area contributed by atoms with E-state index in [1.807, 2.05) is 0 Å². The standard InChI is InChI=1S/C20H14F6N2O3S/c21-19(22,23)13-5-12(6-14(8-13)20(24,25)26)7-16(29)27-15-3-1-11(2-4-15)9-28-17(30)10-32-18(28)31/h1-6,8,10,30H,7,9H2,(H,27,29). The number of carbonyl (C=O) groups excluding carboxylic acids is 1. The Labute approximate surface area is 180 Å². The van der Waals surface area contributed by atoms with Gasteiger partial charge in [0.25, 0.3) is 0 Å². The van der Waals surface area contributed by atoms with E-state index in [1.54, 1.807) is 12.1 Å². The molecule has 0 spiro atoms. The Morgan fingerprint density at radius 1 is 0.938 bits per heavy atom. The van der Waals surface area contributed by atoms with Gasteiger partial charge in [-0.1, -0.05) is 23.5 Å². The van der Waals surface area contributed by atoms with Gasteiger partial charge in [-0.3, -0.25) is 14.2 Å². The summed E-state index contributed by atoms with van der Waals surface area (Å²) in [7, 11) is 0. The minimum atomic E-state index is -5.00. The van der Waals surface area contributed by atoms with Gasteiger partial charge in [0.1, 0.15) is 0 Å². The number of nitrogens with zero attached hydrogens (tertiary/aromatic N) is 1. The van der Waals surface area contributed by atoms with Crippen LogP contribution in [0, 0.1) is 0 Å². The van der Waals surface area contributed by atoms with Crippen molar-refractivity contribution >= 4 is 22.9 Å². The van der Waals surface area contributed by atoms with Crippen molar-refractivity contribution in [2.24, 2.45) is 0 Å². The van der Waals surface area contributed by atoms with E-state index >= 15 is 0 Å². The number of carbonyl (C=O) groups is 1. The van der Waals surface area contributed by atoms with Gasteiger partial charge in [0.15, 0.2) is 0 Å². The molecule has 0 atom stereocenters. The van der Waals surface area contributed by atoms with E-state index in [2.05, 4.69) is 5.32 Å². The number of aromatic hydroxyl groups is 1. The molecule has 0 saturated carbocycles. The molecule has 0 radical (unpaired) electrons. The molecule has 32 heavy (non-hydrogen) atoms. The molecule has 170 valence electrons. The number of amides is 1. The topological polar surface area (TPSA) is 71.3 Å². The highest BCUT2D eigenvalue weighted by atomic mass is 32.1. The molecule has 1 amide bonds. The number of hydrogen-bond acceptors (Lipinski definition) is 4. The molecule has 3 rings (SSSR count). The Morgan fingerprint density at radius 3 is 1.97 bits per heavy atom. The van der Waals surface area contributed by atoms with E-state index in [0.717, 1.165) is 15.9 Å². The fourth-order valence-electron chi connectivity index (χ4n) is 2.86. The van der Waals surface area contributed by atoms with Crippen LogP contribution in [0.25, 0.3) is 0 Å². The van der Waals surface area contributed by atoms with Crippen LogP contribution in [0.5, 0.6) is 5.88 Å². The summed E-state index contributed by atoms with van der Waals surface area (Å²) in [4.78, 5) is 23.4. The van der Waals surface area contributed by atoms with Crippen molar-refractivity contribution in [3.63, 3.8) is 0 Å². The summed E-state index contributed by atoms with van der Waals surface area (Å²) in [5.41, 5.74) is -2.55. The zero-order valence-corrected chi connectivity index (χ0v) is 16.7. The van der Waals surface area contributed by atoms with Gasteiger partial charge < -0.3 is 10.4 Å². The fourth-order valence-corrected chi connectivity index (χ4v) is 3.48. The highest BCUT2D eigenvalue weighted by Crippen LogP contribution is 2.36. The molecule has 12 heteroatoms. The average molecular weight is 476 g/mol. The first-order valence-electron chi connectivity index (χ1n) is 8.87. The summed E-state index contributed by atoms with van der Waals surface area (Å²) in [6, 6.07) is 7.00. The molecule has 0 aliphatic rings. The molecular weight excluding hydrogens is 462 g/mol. The van der Waals surface area contributed by atoms with Crippen LogP contribution in [0.3, 0.4) is 0 Å². The lowest BCUT2D eigenvalue weighted by atomic mass is 10.0. The van der Waals surface area contributed by atoms with Gasteiger partial charge in [0.05, 0.1) is 29.5 Å². The van der Waals surface area contributed by atoms with Gasteiger partial charge >= 0.3 is 17.2 Å². The van der Waals surface area contributed by atoms with E-state index in [4.69, 9.17) is 0 Å². The van der Waals surface area contributed by atoms with E-state index < -0.39 is 41.4 Å². The summed E-state index contributed by atoms with van der Waals surface area (Å²) >= 11 is 0.827. The molecule has 0 aliphatic heterocycles. The molecule has 5 nitrogen and oxygen atoms in total.